The number of nitrogen functional groups attached to an aromatic ring is 1. The van der Waals surface area contributed by atoms with Crippen molar-refractivity contribution in [1.29, 1.82) is 0 Å². The highest BCUT2D eigenvalue weighted by Crippen LogP contribution is 2.18. The highest BCUT2D eigenvalue weighted by molar-refractivity contribution is 5.78. The van der Waals surface area contributed by atoms with Gasteiger partial charge in [-0.1, -0.05) is 12.1 Å². The molecule has 2 N–H and O–H groups in total. The maximum absolute atomic E-state index is 11.8. The third-order valence-corrected chi connectivity index (χ3v) is 3.63. The van der Waals surface area contributed by atoms with Gasteiger partial charge in [0.15, 0.2) is 0 Å². The van der Waals surface area contributed by atoms with Crippen LogP contribution in [0.25, 0.3) is 0 Å². The minimum atomic E-state index is 0.203. The van der Waals surface area contributed by atoms with Crippen LogP contribution in [-0.4, -0.2) is 42.4 Å². The lowest BCUT2D eigenvalue weighted by Crippen LogP contribution is -2.34. The molecule has 4 nitrogen and oxygen atoms in total. The standard InChI is InChI=1S/C14H21N3O/c1-11-12(5-3-6-13(11)15)9-17-8-4-7-16(2)14(18)10-17/h3,5-6H,4,7-10,15H2,1-2H3. The number of nitrogens with two attached hydrogens (primary N) is 1. The summed E-state index contributed by atoms with van der Waals surface area (Å²) in [5.41, 5.74) is 9.08. The number of carbonyl (C=O) groups excluding carboxylic acids is 1. The Morgan fingerprint density at radius 2 is 2.11 bits per heavy atom. The topological polar surface area (TPSA) is 49.6 Å². The molecule has 0 radical (unpaired) electrons. The van der Waals surface area contributed by atoms with Gasteiger partial charge in [0.25, 0.3) is 0 Å². The summed E-state index contributed by atoms with van der Waals surface area (Å²) in [4.78, 5) is 15.8. The number of carbonyl (C=O) groups is 1. The summed E-state index contributed by atoms with van der Waals surface area (Å²) in [7, 11) is 1.87. The number of anilines is 1. The van der Waals surface area contributed by atoms with E-state index < -0.39 is 0 Å². The summed E-state index contributed by atoms with van der Waals surface area (Å²) < 4.78 is 0. The molecule has 0 saturated carbocycles. The van der Waals surface area contributed by atoms with E-state index in [1.165, 1.54) is 5.56 Å². The number of likely N-dealkylation sites (N-methyl/N-ethyl adjacent to an activating group) is 1. The lowest BCUT2D eigenvalue weighted by Gasteiger charge is -2.20. The van der Waals surface area contributed by atoms with Gasteiger partial charge >= 0.3 is 0 Å². The second-order valence-corrected chi connectivity index (χ2v) is 5.01. The van der Waals surface area contributed by atoms with Crippen molar-refractivity contribution >= 4 is 11.6 Å². The van der Waals surface area contributed by atoms with Crippen molar-refractivity contribution in [3.63, 3.8) is 0 Å². The summed E-state index contributed by atoms with van der Waals surface area (Å²) >= 11 is 0. The van der Waals surface area contributed by atoms with Crippen LogP contribution in [0.4, 0.5) is 5.69 Å². The second kappa shape index (κ2) is 5.40. The molecule has 0 bridgehead atoms. The van der Waals surface area contributed by atoms with Crippen LogP contribution in [0.2, 0.25) is 0 Å². The first-order valence-electron chi connectivity index (χ1n) is 6.38. The van der Waals surface area contributed by atoms with E-state index >= 15 is 0 Å². The Balaban J connectivity index is 2.09. The minimum Gasteiger partial charge on any atom is -0.399 e. The average molecular weight is 247 g/mol. The van der Waals surface area contributed by atoms with Crippen molar-refractivity contribution in [2.24, 2.45) is 0 Å². The first kappa shape index (κ1) is 12.9. The Morgan fingerprint density at radius 1 is 1.33 bits per heavy atom. The number of amides is 1. The van der Waals surface area contributed by atoms with E-state index in [0.29, 0.717) is 6.54 Å². The zero-order chi connectivity index (χ0) is 13.1. The Labute approximate surface area is 108 Å². The molecule has 1 aliphatic rings. The third kappa shape index (κ3) is 2.82. The molecule has 4 heteroatoms. The van der Waals surface area contributed by atoms with Gasteiger partial charge in [-0.3, -0.25) is 9.69 Å². The Kier molecular flexibility index (Phi) is 3.87. The van der Waals surface area contributed by atoms with Crippen LogP contribution in [0.1, 0.15) is 17.5 Å². The average Bonchev–Trinajstić information content (AvgIpc) is 2.48. The van der Waals surface area contributed by atoms with E-state index in [2.05, 4.69) is 11.0 Å². The van der Waals surface area contributed by atoms with Crippen molar-refractivity contribution in [3.05, 3.63) is 29.3 Å². The molecule has 0 spiro atoms. The zero-order valence-corrected chi connectivity index (χ0v) is 11.1. The zero-order valence-electron chi connectivity index (χ0n) is 11.1. The molecule has 1 aliphatic heterocycles. The summed E-state index contributed by atoms with van der Waals surface area (Å²) in [6.07, 6.45) is 1.03. The lowest BCUT2D eigenvalue weighted by atomic mass is 10.1. The van der Waals surface area contributed by atoms with Crippen LogP contribution < -0.4 is 5.73 Å². The van der Waals surface area contributed by atoms with Crippen LogP contribution in [0, 0.1) is 6.92 Å². The molecule has 1 aromatic rings. The fourth-order valence-corrected chi connectivity index (χ4v) is 2.30. The van der Waals surface area contributed by atoms with Crippen molar-refractivity contribution in [2.75, 3.05) is 32.4 Å². The van der Waals surface area contributed by atoms with E-state index in [9.17, 15) is 4.79 Å². The van der Waals surface area contributed by atoms with Crippen molar-refractivity contribution < 1.29 is 4.79 Å². The van der Waals surface area contributed by atoms with Crippen LogP contribution in [-0.2, 0) is 11.3 Å². The highest BCUT2D eigenvalue weighted by Gasteiger charge is 2.19. The van der Waals surface area contributed by atoms with Gasteiger partial charge in [0, 0.05) is 32.4 Å². The minimum absolute atomic E-state index is 0.203. The van der Waals surface area contributed by atoms with Gasteiger partial charge in [-0.05, 0) is 30.5 Å². The molecule has 0 aromatic heterocycles. The number of benzene rings is 1. The molecule has 0 atom stereocenters. The first-order valence-corrected chi connectivity index (χ1v) is 6.38. The number of rotatable bonds is 2. The smallest absolute Gasteiger partial charge is 0.236 e. The molecule has 2 rings (SSSR count). The molecule has 0 aliphatic carbocycles. The normalized spacial score (nSPS) is 17.9. The molecule has 98 valence electrons. The summed E-state index contributed by atoms with van der Waals surface area (Å²) in [5.74, 6) is 0.203. The van der Waals surface area contributed by atoms with E-state index in [1.54, 1.807) is 0 Å². The number of nitrogens with zero attached hydrogens (tertiary/aromatic N) is 2. The largest absolute Gasteiger partial charge is 0.399 e. The summed E-state index contributed by atoms with van der Waals surface area (Å²) in [5, 5.41) is 0. The lowest BCUT2D eigenvalue weighted by molar-refractivity contribution is -0.130. The van der Waals surface area contributed by atoms with Crippen LogP contribution >= 0.6 is 0 Å². The predicted octanol–water partition coefficient (Wildman–Crippen LogP) is 1.24. The molecule has 1 saturated heterocycles. The molecule has 0 unspecified atom stereocenters. The molecular weight excluding hydrogens is 226 g/mol. The van der Waals surface area contributed by atoms with E-state index in [-0.39, 0.29) is 5.91 Å². The number of hydrogen-bond donors (Lipinski definition) is 1. The predicted molar refractivity (Wildman–Crippen MR) is 73.1 cm³/mol. The van der Waals surface area contributed by atoms with Crippen LogP contribution in [0.5, 0.6) is 0 Å². The van der Waals surface area contributed by atoms with Gasteiger partial charge in [0.05, 0.1) is 6.54 Å². The quantitative estimate of drug-likeness (QED) is 0.800. The third-order valence-electron chi connectivity index (χ3n) is 3.63. The fourth-order valence-electron chi connectivity index (χ4n) is 2.30. The second-order valence-electron chi connectivity index (χ2n) is 5.01. The number of hydrogen-bond acceptors (Lipinski definition) is 3. The SMILES string of the molecule is Cc1c(N)cccc1CN1CCCN(C)C(=O)C1. The maximum Gasteiger partial charge on any atom is 0.236 e. The van der Waals surface area contributed by atoms with Crippen molar-refractivity contribution in [2.45, 2.75) is 19.9 Å². The molecule has 1 heterocycles. The van der Waals surface area contributed by atoms with E-state index in [1.807, 2.05) is 31.0 Å². The molecular formula is C14H21N3O. The monoisotopic (exact) mass is 247 g/mol. The van der Waals surface area contributed by atoms with E-state index in [4.69, 9.17) is 5.73 Å². The Morgan fingerprint density at radius 3 is 2.89 bits per heavy atom. The van der Waals surface area contributed by atoms with E-state index in [0.717, 1.165) is 37.3 Å². The van der Waals surface area contributed by atoms with Crippen LogP contribution in [0.15, 0.2) is 18.2 Å². The molecule has 1 amide bonds. The summed E-state index contributed by atoms with van der Waals surface area (Å²) in [6.45, 7) is 5.16. The highest BCUT2D eigenvalue weighted by atomic mass is 16.2. The van der Waals surface area contributed by atoms with Gasteiger partial charge in [0.2, 0.25) is 5.91 Å². The van der Waals surface area contributed by atoms with Gasteiger partial charge < -0.3 is 10.6 Å². The van der Waals surface area contributed by atoms with Crippen molar-refractivity contribution in [3.8, 4) is 0 Å². The van der Waals surface area contributed by atoms with Crippen LogP contribution in [0.3, 0.4) is 0 Å². The Hall–Kier alpha value is -1.55. The Bertz CT molecular complexity index is 445. The molecule has 18 heavy (non-hydrogen) atoms. The van der Waals surface area contributed by atoms with Gasteiger partial charge in [0.1, 0.15) is 0 Å². The fraction of sp³-hybridized carbons (Fsp3) is 0.500. The first-order chi connectivity index (χ1) is 8.58. The van der Waals surface area contributed by atoms with Gasteiger partial charge in [-0.2, -0.15) is 0 Å². The maximum atomic E-state index is 11.8. The van der Waals surface area contributed by atoms with Crippen molar-refractivity contribution in [1.82, 2.24) is 9.80 Å². The summed E-state index contributed by atoms with van der Waals surface area (Å²) in [6, 6.07) is 5.98. The van der Waals surface area contributed by atoms with Gasteiger partial charge in [-0.15, -0.1) is 0 Å². The molecule has 1 aromatic carbocycles. The van der Waals surface area contributed by atoms with Gasteiger partial charge in [-0.25, -0.2) is 0 Å². The molecule has 1 fully saturated rings.